The molecule has 2 aliphatic heterocycles. The van der Waals surface area contributed by atoms with Crippen LogP contribution in [0, 0.1) is 0 Å². The first-order valence-corrected chi connectivity index (χ1v) is 21.3. The highest BCUT2D eigenvalue weighted by Gasteiger charge is 2.43. The largest absolute Gasteiger partial charge is 0.324 e. The summed E-state index contributed by atoms with van der Waals surface area (Å²) in [6.07, 6.45) is 0. The van der Waals surface area contributed by atoms with E-state index in [-0.39, 0.29) is 46.8 Å². The highest BCUT2D eigenvalue weighted by Crippen LogP contribution is 2.45. The fraction of sp³-hybridized carbons (Fsp3) is 0. The molecule has 0 saturated heterocycles. The first-order valence-electron chi connectivity index (χ1n) is 15.5. The molecule has 0 radical (unpaired) electrons. The Morgan fingerprint density at radius 2 is 0.632 bits per heavy atom. The molecule has 6 N–H and O–H groups in total. The van der Waals surface area contributed by atoms with Gasteiger partial charge in [-0.25, -0.2) is 29.9 Å². The Bertz CT molecular complexity index is 3380. The molecule has 0 fully saturated rings. The van der Waals surface area contributed by atoms with Gasteiger partial charge in [-0.1, -0.05) is 72.8 Å². The summed E-state index contributed by atoms with van der Waals surface area (Å²) in [5.41, 5.74) is 0.187. The molecule has 0 atom stereocenters. The fourth-order valence-electron chi connectivity index (χ4n) is 6.75. The lowest BCUT2D eigenvalue weighted by Crippen LogP contribution is -2.19. The van der Waals surface area contributed by atoms with E-state index in [1.165, 1.54) is 12.1 Å². The van der Waals surface area contributed by atoms with E-state index in [2.05, 4.69) is 29.9 Å². The molecule has 0 amide bonds. The van der Waals surface area contributed by atoms with Gasteiger partial charge in [0.05, 0.1) is 10.8 Å². The molecule has 0 saturated carbocycles. The van der Waals surface area contributed by atoms with Gasteiger partial charge in [-0.15, -0.1) is 12.4 Å². The predicted octanol–water partition coefficient (Wildman–Crippen LogP) is 4.28. The fourth-order valence-corrected chi connectivity index (χ4v) is 11.7. The number of fused-ring (bicyclic) bond motifs is 20. The summed E-state index contributed by atoms with van der Waals surface area (Å²) in [5, 5.41) is -1.17. The molecule has 5 heterocycles. The minimum Gasteiger partial charge on any atom is -0.324 e. The van der Waals surface area contributed by atoms with E-state index in [9.17, 15) is 51.9 Å². The average Bonchev–Trinajstić information content (AvgIpc) is 3.84. The number of nitrogens with zero attached hydrogens (tertiary/aromatic N) is 6. The van der Waals surface area contributed by atoms with E-state index in [4.69, 9.17) is 9.97 Å². The van der Waals surface area contributed by atoms with Crippen molar-refractivity contribution in [3.8, 4) is 45.6 Å². The average molecular weight is 871 g/mol. The molecule has 0 unspecified atom stereocenters. The van der Waals surface area contributed by atoms with Crippen molar-refractivity contribution in [3.63, 3.8) is 0 Å². The Labute approximate surface area is 325 Å². The second kappa shape index (κ2) is 12.6. The summed E-state index contributed by atoms with van der Waals surface area (Å²) in [6.45, 7) is 0. The number of hydrogen-bond acceptors (Lipinski definition) is 14. The minimum atomic E-state index is -6.24. The summed E-state index contributed by atoms with van der Waals surface area (Å²) in [4.78, 5) is 24.5. The lowest BCUT2D eigenvalue weighted by Gasteiger charge is -2.14. The quantitative estimate of drug-likeness (QED) is 0.134. The molecule has 9 rings (SSSR count). The summed E-state index contributed by atoms with van der Waals surface area (Å²) < 4.78 is 146. The van der Waals surface area contributed by atoms with E-state index >= 15 is 0 Å². The van der Waals surface area contributed by atoms with Gasteiger partial charge in [-0.3, -0.25) is 18.2 Å². The second-order valence-electron chi connectivity index (χ2n) is 12.2. The number of hydrogen-bond donors (Lipinski definition) is 6. The van der Waals surface area contributed by atoms with Crippen molar-refractivity contribution in [1.82, 2.24) is 39.9 Å². The van der Waals surface area contributed by atoms with E-state index in [1.807, 2.05) is 0 Å². The molecule has 0 aliphatic carbocycles. The van der Waals surface area contributed by atoms with Crippen LogP contribution in [0.3, 0.4) is 0 Å². The molecule has 8 bridgehead atoms. The van der Waals surface area contributed by atoms with Gasteiger partial charge < -0.3 is 9.97 Å². The van der Waals surface area contributed by atoms with Crippen LogP contribution in [-0.2, 0) is 40.5 Å². The molecule has 0 spiro atoms. The molecular formula is C32H19ClN8O12S4. The van der Waals surface area contributed by atoms with Crippen LogP contribution in [0.2, 0.25) is 0 Å². The van der Waals surface area contributed by atoms with Gasteiger partial charge >= 0.3 is 0 Å². The topological polar surface area (TPSA) is 326 Å². The zero-order valence-corrected chi connectivity index (χ0v) is 31.8. The first-order chi connectivity index (χ1) is 26.3. The summed E-state index contributed by atoms with van der Waals surface area (Å²) in [7, 11) is -24.6. The number of rotatable bonds is 4. The van der Waals surface area contributed by atoms with Crippen molar-refractivity contribution < 1.29 is 51.9 Å². The third-order valence-corrected chi connectivity index (χ3v) is 12.9. The molecule has 3 aromatic heterocycles. The molecule has 2 aliphatic rings. The predicted molar refractivity (Wildman–Crippen MR) is 203 cm³/mol. The Morgan fingerprint density at radius 1 is 0.368 bits per heavy atom. The SMILES string of the molecule is Cl.O=S(=O)(O)c1c(S(=O)(=O)O)c(S(=O)(=O)O)c2c3nc4nc(nc5[nH]c(nc6nc(nc([nH]3)c2c1S(=O)(=O)O)-c1ccccc1-6)c1ccccc51)-c1ccccc1-4. The van der Waals surface area contributed by atoms with Crippen molar-refractivity contribution in [3.05, 3.63) is 72.8 Å². The van der Waals surface area contributed by atoms with Gasteiger partial charge in [0.2, 0.25) is 0 Å². The van der Waals surface area contributed by atoms with Gasteiger partial charge in [0, 0.05) is 33.0 Å². The van der Waals surface area contributed by atoms with Gasteiger partial charge in [0.15, 0.2) is 23.3 Å². The zero-order valence-electron chi connectivity index (χ0n) is 27.7. The normalized spacial score (nSPS) is 13.0. The third kappa shape index (κ3) is 6.01. The molecule has 20 nitrogen and oxygen atoms in total. The van der Waals surface area contributed by atoms with Crippen molar-refractivity contribution in [2.75, 3.05) is 0 Å². The number of aromatic amines is 2. The number of halogens is 1. The Morgan fingerprint density at radius 3 is 0.930 bits per heavy atom. The number of aromatic nitrogens is 8. The summed E-state index contributed by atoms with van der Waals surface area (Å²) in [6, 6.07) is 19.9. The van der Waals surface area contributed by atoms with Crippen LogP contribution in [0.4, 0.5) is 0 Å². The number of benzene rings is 4. The Kier molecular flexibility index (Phi) is 8.40. The molecule has 57 heavy (non-hydrogen) atoms. The van der Waals surface area contributed by atoms with Crippen molar-refractivity contribution >= 4 is 97.0 Å². The first kappa shape index (κ1) is 38.1. The van der Waals surface area contributed by atoms with Crippen LogP contribution < -0.4 is 0 Å². The van der Waals surface area contributed by atoms with Crippen molar-refractivity contribution in [2.45, 2.75) is 19.6 Å². The van der Waals surface area contributed by atoms with Gasteiger partial charge in [0.1, 0.15) is 42.2 Å². The molecule has 25 heteroatoms. The lowest BCUT2D eigenvalue weighted by atomic mass is 10.1. The van der Waals surface area contributed by atoms with Gasteiger partial charge in [-0.2, -0.15) is 33.7 Å². The van der Waals surface area contributed by atoms with Crippen molar-refractivity contribution in [2.24, 2.45) is 0 Å². The van der Waals surface area contributed by atoms with Gasteiger partial charge in [0.25, 0.3) is 40.5 Å². The smallest absolute Gasteiger partial charge is 0.297 e. The molecule has 7 aromatic rings. The van der Waals surface area contributed by atoms with Crippen LogP contribution in [0.15, 0.2) is 92.4 Å². The van der Waals surface area contributed by atoms with Crippen LogP contribution in [0.1, 0.15) is 0 Å². The Hall–Kier alpha value is -5.83. The number of nitrogens with one attached hydrogen (secondary N) is 2. The van der Waals surface area contributed by atoms with Gasteiger partial charge in [-0.05, 0) is 0 Å². The van der Waals surface area contributed by atoms with Crippen LogP contribution in [0.25, 0.3) is 89.7 Å². The maximum atomic E-state index is 13.2. The second-order valence-corrected chi connectivity index (χ2v) is 17.6. The summed E-state index contributed by atoms with van der Waals surface area (Å²) >= 11 is 0. The standard InChI is InChI=1S/C32H18N8O12S4.ClH/c41-53(42,43)21-19-20(22(54(44,45)46)24(56(50,51)52)23(21)55(47,48)49)32-39-30-18-12-6-4-10-16(18)28(37-30)35-26-14-8-2-1-7-13(14)25(33-26)34-27-15-9-3-5-11-17(15)29(36-27)38-31(19)40-32;/h1-12H,(H,41,42,43)(H,44,45,46)(H,47,48,49)(H,50,51,52)(H2,33,34,35,36,37,38,39,40);1H. The molecule has 4 aromatic carbocycles. The maximum Gasteiger partial charge on any atom is 0.297 e. The van der Waals surface area contributed by atoms with E-state index in [0.29, 0.717) is 33.2 Å². The Balaban J connectivity index is 0.00000455. The lowest BCUT2D eigenvalue weighted by molar-refractivity contribution is 0.449. The zero-order chi connectivity index (χ0) is 39.7. The van der Waals surface area contributed by atoms with Crippen LogP contribution in [-0.4, -0.2) is 91.8 Å². The minimum absolute atomic E-state index is 0. The van der Waals surface area contributed by atoms with E-state index in [0.717, 1.165) is 0 Å². The number of H-pyrrole nitrogens is 2. The van der Waals surface area contributed by atoms with Crippen molar-refractivity contribution in [1.29, 1.82) is 0 Å². The highest BCUT2D eigenvalue weighted by atomic mass is 35.5. The van der Waals surface area contributed by atoms with Crippen LogP contribution >= 0.6 is 12.4 Å². The summed E-state index contributed by atoms with van der Waals surface area (Å²) in [5.74, 6) is -0.428. The third-order valence-electron chi connectivity index (χ3n) is 8.85. The van der Waals surface area contributed by atoms with E-state index < -0.39 is 82.1 Å². The molecular weight excluding hydrogens is 852 g/mol. The maximum absolute atomic E-state index is 13.2. The molecule has 290 valence electrons. The monoisotopic (exact) mass is 870 g/mol. The highest BCUT2D eigenvalue weighted by molar-refractivity contribution is 7.91. The van der Waals surface area contributed by atoms with E-state index in [1.54, 1.807) is 60.7 Å². The van der Waals surface area contributed by atoms with Crippen LogP contribution in [0.5, 0.6) is 0 Å².